The number of halogens is 3. The Bertz CT molecular complexity index is 994. The number of alkyl halides is 3. The van der Waals surface area contributed by atoms with Crippen molar-refractivity contribution in [3.63, 3.8) is 0 Å². The van der Waals surface area contributed by atoms with Crippen molar-refractivity contribution in [2.75, 3.05) is 0 Å². The molecule has 0 saturated carbocycles. The molecule has 0 aliphatic heterocycles. The number of carbonyl (C=O) groups is 1. The molecule has 0 aliphatic carbocycles. The van der Waals surface area contributed by atoms with Crippen molar-refractivity contribution in [2.24, 2.45) is 5.84 Å². The lowest BCUT2D eigenvalue weighted by Crippen LogP contribution is -2.29. The molecule has 0 atom stereocenters. The van der Waals surface area contributed by atoms with E-state index in [0.717, 1.165) is 0 Å². The number of aromatic nitrogens is 3. The molecule has 1 heterocycles. The summed E-state index contributed by atoms with van der Waals surface area (Å²) in [6.45, 7) is 0. The number of nitrogens with one attached hydrogen (secondary N) is 1. The van der Waals surface area contributed by atoms with Crippen molar-refractivity contribution in [1.29, 1.82) is 0 Å². The van der Waals surface area contributed by atoms with Crippen molar-refractivity contribution >= 4 is 5.91 Å². The van der Waals surface area contributed by atoms with Gasteiger partial charge >= 0.3 is 6.36 Å². The van der Waals surface area contributed by atoms with Crippen LogP contribution >= 0.6 is 0 Å². The normalized spacial score (nSPS) is 10.3. The van der Waals surface area contributed by atoms with E-state index in [1.807, 2.05) is 5.43 Å². The van der Waals surface area contributed by atoms with Crippen molar-refractivity contribution < 1.29 is 22.7 Å². The number of rotatable bonds is 4. The van der Waals surface area contributed by atoms with Gasteiger partial charge in [0.15, 0.2) is 5.82 Å². The van der Waals surface area contributed by atoms with Crippen molar-refractivity contribution in [2.45, 2.75) is 6.36 Å². The number of hydrogen-bond donors (Lipinski definition) is 2. The van der Waals surface area contributed by atoms with E-state index in [-0.39, 0.29) is 5.75 Å². The predicted molar refractivity (Wildman–Crippen MR) is 95.2 cm³/mol. The fourth-order valence-corrected chi connectivity index (χ4v) is 2.17. The molecule has 0 bridgehead atoms. The average molecular weight is 405 g/mol. The maximum absolute atomic E-state index is 12.2. The molecule has 0 spiro atoms. The summed E-state index contributed by atoms with van der Waals surface area (Å²) in [6.07, 6.45) is -3.32. The van der Waals surface area contributed by atoms with Crippen LogP contribution in [0.15, 0.2) is 54.9 Å². The van der Waals surface area contributed by atoms with Gasteiger partial charge in [0.25, 0.3) is 5.91 Å². The zero-order valence-corrected chi connectivity index (χ0v) is 14.4. The van der Waals surface area contributed by atoms with E-state index >= 15 is 0 Å². The Hall–Kier alpha value is -4.09. The molecule has 0 saturated heterocycles. The minimum Gasteiger partial charge on any atom is -0.406 e. The molecule has 0 aliphatic rings. The Morgan fingerprint density at radius 2 is 1.69 bits per heavy atom. The van der Waals surface area contributed by atoms with Gasteiger partial charge in [-0.15, -0.1) is 18.3 Å². The number of amides is 1. The van der Waals surface area contributed by atoms with Crippen LogP contribution in [0.5, 0.6) is 5.75 Å². The molecule has 13 heteroatoms. The molecule has 10 nitrogen and oxygen atoms in total. The number of ether oxygens (including phenoxy) is 1. The minimum atomic E-state index is -4.74. The third-order valence-corrected chi connectivity index (χ3v) is 3.36. The lowest BCUT2D eigenvalue weighted by Gasteiger charge is -2.09. The highest BCUT2D eigenvalue weighted by Crippen LogP contribution is 2.24. The molecule has 3 aromatic rings. The first-order valence-electron chi connectivity index (χ1n) is 7.65. The molecule has 2 aromatic carbocycles. The van der Waals surface area contributed by atoms with Gasteiger partial charge in [-0.1, -0.05) is 12.1 Å². The van der Waals surface area contributed by atoms with Gasteiger partial charge in [0.05, 0.1) is 5.69 Å². The SMILES string of the molecule is NNC(=O)c1ccc(-c2ncn(-c3ccc(OC(F)(F)F)cc3)n2)cc1.[N-]=[N+]=[N-]. The zero-order chi connectivity index (χ0) is 21.4. The quantitative estimate of drug-likeness (QED) is 0.170. The number of hydrogen-bond acceptors (Lipinski definition) is 5. The van der Waals surface area contributed by atoms with Crippen molar-refractivity contribution in [3.05, 3.63) is 76.4 Å². The second-order valence-corrected chi connectivity index (χ2v) is 5.19. The summed E-state index contributed by atoms with van der Waals surface area (Å²) < 4.78 is 41.8. The van der Waals surface area contributed by atoms with Crippen LogP contribution in [-0.4, -0.2) is 27.0 Å². The minimum absolute atomic E-state index is 0.324. The van der Waals surface area contributed by atoms with Crippen LogP contribution in [0.25, 0.3) is 33.0 Å². The topological polar surface area (TPSA) is 154 Å². The molecular formula is C16H12F3N8O2-. The van der Waals surface area contributed by atoms with Crippen LogP contribution in [0.1, 0.15) is 10.4 Å². The van der Waals surface area contributed by atoms with Gasteiger partial charge in [0, 0.05) is 11.1 Å². The van der Waals surface area contributed by atoms with Gasteiger partial charge in [-0.3, -0.25) is 15.1 Å². The Kier molecular flexibility index (Phi) is 6.74. The fraction of sp³-hybridized carbons (Fsp3) is 0.0625. The summed E-state index contributed by atoms with van der Waals surface area (Å²) in [5.41, 5.74) is 17.1. The van der Waals surface area contributed by atoms with E-state index in [4.69, 9.17) is 16.9 Å². The van der Waals surface area contributed by atoms with Crippen LogP contribution in [0.4, 0.5) is 13.2 Å². The highest BCUT2D eigenvalue weighted by molar-refractivity contribution is 5.94. The monoisotopic (exact) mass is 405 g/mol. The van der Waals surface area contributed by atoms with Crippen molar-refractivity contribution in [1.82, 2.24) is 20.2 Å². The Morgan fingerprint density at radius 3 is 2.21 bits per heavy atom. The Labute approximate surface area is 161 Å². The Balaban J connectivity index is 0.000000941. The highest BCUT2D eigenvalue weighted by atomic mass is 19.4. The number of nitrogen functional groups attached to an aromatic ring is 1. The number of carbonyl (C=O) groups excluding carboxylic acids is 1. The van der Waals surface area contributed by atoms with E-state index in [9.17, 15) is 18.0 Å². The summed E-state index contributed by atoms with van der Waals surface area (Å²) in [5, 5.41) is 4.27. The number of benzene rings is 2. The molecule has 150 valence electrons. The third kappa shape index (κ3) is 5.95. The lowest BCUT2D eigenvalue weighted by atomic mass is 10.1. The van der Waals surface area contributed by atoms with E-state index in [0.29, 0.717) is 22.6 Å². The molecule has 1 aromatic heterocycles. The molecule has 1 amide bonds. The number of nitrogens with two attached hydrogens (primary N) is 1. The summed E-state index contributed by atoms with van der Waals surface area (Å²) in [6, 6.07) is 11.7. The summed E-state index contributed by atoms with van der Waals surface area (Å²) in [5.74, 6) is 4.71. The maximum atomic E-state index is 12.2. The van der Waals surface area contributed by atoms with Crippen molar-refractivity contribution in [3.8, 4) is 22.8 Å². The second-order valence-electron chi connectivity index (χ2n) is 5.19. The van der Waals surface area contributed by atoms with E-state index in [1.54, 1.807) is 24.3 Å². The van der Waals surface area contributed by atoms with Gasteiger partial charge in [0.1, 0.15) is 12.1 Å². The molecule has 3 rings (SSSR count). The molecular weight excluding hydrogens is 393 g/mol. The van der Waals surface area contributed by atoms with Gasteiger partial charge in [0.2, 0.25) is 0 Å². The number of nitrogens with zero attached hydrogens (tertiary/aromatic N) is 6. The van der Waals surface area contributed by atoms with Gasteiger partial charge in [-0.25, -0.2) is 15.5 Å². The van der Waals surface area contributed by atoms with Crippen LogP contribution < -0.4 is 16.0 Å². The fourth-order valence-electron chi connectivity index (χ4n) is 2.17. The molecule has 0 unspecified atom stereocenters. The van der Waals surface area contributed by atoms with Crippen LogP contribution in [0, 0.1) is 0 Å². The average Bonchev–Trinajstić information content (AvgIpc) is 3.18. The molecule has 3 N–H and O–H groups in total. The van der Waals surface area contributed by atoms with Crippen LogP contribution in [0.3, 0.4) is 0 Å². The predicted octanol–water partition coefficient (Wildman–Crippen LogP) is 3.30. The van der Waals surface area contributed by atoms with Gasteiger partial charge in [-0.2, -0.15) is 0 Å². The standard InChI is InChI=1S/C16H12F3N5O2.N3/c17-16(18,19)26-13-7-5-12(6-8-13)24-9-21-14(23-24)10-1-3-11(4-2-10)15(25)22-20;1-3-2/h1-9H,20H2,(H,22,25);/q;-1. The van der Waals surface area contributed by atoms with E-state index in [2.05, 4.69) is 14.8 Å². The zero-order valence-electron chi connectivity index (χ0n) is 14.4. The maximum Gasteiger partial charge on any atom is 0.573 e. The first-order valence-corrected chi connectivity index (χ1v) is 7.65. The smallest absolute Gasteiger partial charge is 0.406 e. The highest BCUT2D eigenvalue weighted by Gasteiger charge is 2.30. The summed E-state index contributed by atoms with van der Waals surface area (Å²) >= 11 is 0. The first kappa shape index (κ1) is 21.2. The molecule has 0 fully saturated rings. The lowest BCUT2D eigenvalue weighted by molar-refractivity contribution is -0.274. The van der Waals surface area contributed by atoms with Gasteiger partial charge in [-0.05, 0) is 36.4 Å². The first-order chi connectivity index (χ1) is 13.8. The van der Waals surface area contributed by atoms with Crippen LogP contribution in [-0.2, 0) is 0 Å². The van der Waals surface area contributed by atoms with E-state index < -0.39 is 12.3 Å². The molecule has 29 heavy (non-hydrogen) atoms. The summed E-state index contributed by atoms with van der Waals surface area (Å²) in [7, 11) is 0. The third-order valence-electron chi connectivity index (χ3n) is 3.36. The number of hydrazine groups is 1. The summed E-state index contributed by atoms with van der Waals surface area (Å²) in [4.78, 5) is 17.1. The second kappa shape index (κ2) is 9.21. The largest absolute Gasteiger partial charge is 0.573 e. The van der Waals surface area contributed by atoms with Crippen LogP contribution in [0.2, 0.25) is 0 Å². The Morgan fingerprint density at radius 1 is 1.10 bits per heavy atom. The molecule has 0 radical (unpaired) electrons. The van der Waals surface area contributed by atoms with E-state index in [1.165, 1.54) is 40.2 Å². The van der Waals surface area contributed by atoms with Gasteiger partial charge < -0.3 is 15.8 Å².